The Morgan fingerprint density at radius 3 is 2.42 bits per heavy atom. The normalized spacial score (nSPS) is 14.9. The number of methoxy groups -OCH3 is 2. The van der Waals surface area contributed by atoms with Crippen molar-refractivity contribution in [1.82, 2.24) is 20.0 Å². The molecule has 4 aromatic rings. The van der Waals surface area contributed by atoms with E-state index >= 15 is 0 Å². The minimum Gasteiger partial charge on any atom is -0.497 e. The van der Waals surface area contributed by atoms with E-state index < -0.39 is 0 Å². The van der Waals surface area contributed by atoms with Gasteiger partial charge in [0.2, 0.25) is 0 Å². The Kier molecular flexibility index (Phi) is 6.64. The lowest BCUT2D eigenvalue weighted by molar-refractivity contribution is 0.380. The maximum atomic E-state index is 5.85. The monoisotopic (exact) mass is 483 g/mol. The van der Waals surface area contributed by atoms with Crippen molar-refractivity contribution < 1.29 is 9.47 Å². The summed E-state index contributed by atoms with van der Waals surface area (Å²) in [5, 5.41) is 6.26. The standard InChI is InChI=1S/C27H29N7O2/c1-33-16-18(14-30-33)27-15-29-25-8-7-21(11-26(25)32-27)34(17-20-6-4-5-19(13-28)31-20)22-9-23(35-2)12-24(10-22)36-3/h4-12,14-15,18H,13,16-17,28H2,1-3H3. The Balaban J connectivity index is 1.59. The third kappa shape index (κ3) is 4.92. The highest BCUT2D eigenvalue weighted by Crippen LogP contribution is 2.35. The van der Waals surface area contributed by atoms with Crippen molar-refractivity contribution >= 4 is 28.6 Å². The number of anilines is 2. The zero-order valence-electron chi connectivity index (χ0n) is 20.6. The zero-order chi connectivity index (χ0) is 25.1. The van der Waals surface area contributed by atoms with E-state index in [2.05, 4.69) is 21.1 Å². The molecule has 1 unspecified atom stereocenters. The molecule has 2 aromatic carbocycles. The highest BCUT2D eigenvalue weighted by molar-refractivity contribution is 5.82. The van der Waals surface area contributed by atoms with Crippen molar-refractivity contribution in [3.63, 3.8) is 0 Å². The van der Waals surface area contributed by atoms with E-state index in [4.69, 9.17) is 25.2 Å². The van der Waals surface area contributed by atoms with Gasteiger partial charge in [-0.1, -0.05) is 6.07 Å². The Morgan fingerprint density at radius 1 is 0.944 bits per heavy atom. The van der Waals surface area contributed by atoms with Gasteiger partial charge >= 0.3 is 0 Å². The van der Waals surface area contributed by atoms with Crippen molar-refractivity contribution in [2.45, 2.75) is 19.0 Å². The number of benzene rings is 2. The average Bonchev–Trinajstić information content (AvgIpc) is 3.37. The summed E-state index contributed by atoms with van der Waals surface area (Å²) in [6.07, 6.45) is 3.76. The van der Waals surface area contributed by atoms with Gasteiger partial charge in [-0.25, -0.2) is 4.98 Å². The number of nitrogens with zero attached hydrogens (tertiary/aromatic N) is 6. The molecule has 184 valence electrons. The number of rotatable bonds is 8. The fourth-order valence-corrected chi connectivity index (χ4v) is 4.28. The predicted octanol–water partition coefficient (Wildman–Crippen LogP) is 3.85. The minimum absolute atomic E-state index is 0.123. The number of hydrogen-bond donors (Lipinski definition) is 1. The van der Waals surface area contributed by atoms with E-state index in [-0.39, 0.29) is 5.92 Å². The molecule has 0 saturated heterocycles. The molecular weight excluding hydrogens is 454 g/mol. The molecule has 36 heavy (non-hydrogen) atoms. The summed E-state index contributed by atoms with van der Waals surface area (Å²) in [6, 6.07) is 17.8. The van der Waals surface area contributed by atoms with Crippen molar-refractivity contribution in [3.05, 3.63) is 77.9 Å². The summed E-state index contributed by atoms with van der Waals surface area (Å²) in [4.78, 5) is 16.5. The first-order chi connectivity index (χ1) is 17.6. The molecule has 9 nitrogen and oxygen atoms in total. The summed E-state index contributed by atoms with van der Waals surface area (Å²) in [5.74, 6) is 1.52. The minimum atomic E-state index is 0.123. The molecule has 0 saturated carbocycles. The van der Waals surface area contributed by atoms with Crippen molar-refractivity contribution in [2.24, 2.45) is 10.8 Å². The number of hydrazone groups is 1. The molecule has 3 heterocycles. The number of aromatic nitrogens is 3. The highest BCUT2D eigenvalue weighted by atomic mass is 16.5. The van der Waals surface area contributed by atoms with Crippen LogP contribution in [-0.2, 0) is 13.1 Å². The van der Waals surface area contributed by atoms with Crippen LogP contribution >= 0.6 is 0 Å². The lowest BCUT2D eigenvalue weighted by Gasteiger charge is -2.26. The van der Waals surface area contributed by atoms with E-state index in [9.17, 15) is 0 Å². The molecule has 9 heteroatoms. The third-order valence-electron chi connectivity index (χ3n) is 6.18. The first-order valence-corrected chi connectivity index (χ1v) is 11.7. The van der Waals surface area contributed by atoms with Crippen LogP contribution in [0.2, 0.25) is 0 Å². The summed E-state index contributed by atoms with van der Waals surface area (Å²) in [5.41, 5.74) is 12.0. The number of fused-ring (bicyclic) bond motifs is 1. The Hall–Kier alpha value is -4.24. The average molecular weight is 484 g/mol. The molecule has 2 aromatic heterocycles. The maximum absolute atomic E-state index is 5.85. The van der Waals surface area contributed by atoms with E-state index in [0.29, 0.717) is 24.6 Å². The number of nitrogens with two attached hydrogens (primary N) is 1. The summed E-state index contributed by atoms with van der Waals surface area (Å²) < 4.78 is 11.1. The first kappa shape index (κ1) is 23.5. The molecule has 0 bridgehead atoms. The van der Waals surface area contributed by atoms with Crippen LogP contribution in [0.15, 0.2) is 65.9 Å². The molecule has 0 aliphatic carbocycles. The second kappa shape index (κ2) is 10.2. The lowest BCUT2D eigenvalue weighted by Crippen LogP contribution is -2.18. The van der Waals surface area contributed by atoms with Gasteiger partial charge < -0.3 is 20.1 Å². The van der Waals surface area contributed by atoms with Crippen LogP contribution in [0.1, 0.15) is 23.0 Å². The van der Waals surface area contributed by atoms with Crippen molar-refractivity contribution in [1.29, 1.82) is 0 Å². The summed E-state index contributed by atoms with van der Waals surface area (Å²) in [6.45, 7) is 1.69. The third-order valence-corrected chi connectivity index (χ3v) is 6.18. The lowest BCUT2D eigenvalue weighted by atomic mass is 10.1. The highest BCUT2D eigenvalue weighted by Gasteiger charge is 2.20. The van der Waals surface area contributed by atoms with Crippen LogP contribution in [0.25, 0.3) is 11.0 Å². The molecule has 1 aliphatic heterocycles. The fourth-order valence-electron chi connectivity index (χ4n) is 4.28. The van der Waals surface area contributed by atoms with Gasteiger partial charge in [-0.15, -0.1) is 0 Å². The van der Waals surface area contributed by atoms with Gasteiger partial charge in [-0.05, 0) is 30.3 Å². The second-order valence-corrected chi connectivity index (χ2v) is 8.66. The second-order valence-electron chi connectivity index (χ2n) is 8.66. The molecule has 5 rings (SSSR count). The molecule has 0 spiro atoms. The molecule has 0 radical (unpaired) electrons. The number of pyridine rings is 1. The van der Waals surface area contributed by atoms with E-state index in [1.807, 2.05) is 73.0 Å². The van der Waals surface area contributed by atoms with Gasteiger partial charge in [-0.2, -0.15) is 5.10 Å². The topological polar surface area (TPSA) is 102 Å². The van der Waals surface area contributed by atoms with Gasteiger partial charge in [0.15, 0.2) is 0 Å². The summed E-state index contributed by atoms with van der Waals surface area (Å²) >= 11 is 0. The van der Waals surface area contributed by atoms with Gasteiger partial charge in [0.25, 0.3) is 0 Å². The van der Waals surface area contributed by atoms with Gasteiger partial charge in [0.05, 0.1) is 54.8 Å². The first-order valence-electron chi connectivity index (χ1n) is 11.7. The number of ether oxygens (including phenoxy) is 2. The van der Waals surface area contributed by atoms with E-state index in [0.717, 1.165) is 46.0 Å². The zero-order valence-corrected chi connectivity index (χ0v) is 20.6. The largest absolute Gasteiger partial charge is 0.497 e. The van der Waals surface area contributed by atoms with Crippen molar-refractivity contribution in [3.8, 4) is 11.5 Å². The quantitative estimate of drug-likeness (QED) is 0.403. The fraction of sp³-hybridized carbons (Fsp3) is 0.259. The van der Waals surface area contributed by atoms with Crippen molar-refractivity contribution in [2.75, 3.05) is 32.7 Å². The Bertz CT molecular complexity index is 1390. The van der Waals surface area contributed by atoms with Gasteiger partial charge in [0, 0.05) is 62.1 Å². The molecular formula is C27H29N7O2. The van der Waals surface area contributed by atoms with E-state index in [1.165, 1.54) is 0 Å². The SMILES string of the molecule is COc1cc(OC)cc(N(Cc2cccc(CN)n2)c2ccc3ncc(C4C=NN(C)C4)nc3c2)c1. The van der Waals surface area contributed by atoms with Crippen LogP contribution in [-0.4, -0.2) is 54.0 Å². The Labute approximate surface area is 210 Å². The van der Waals surface area contributed by atoms with Crippen LogP contribution in [0.3, 0.4) is 0 Å². The summed E-state index contributed by atoms with van der Waals surface area (Å²) in [7, 11) is 5.25. The number of hydrogen-bond acceptors (Lipinski definition) is 9. The smallest absolute Gasteiger partial charge is 0.124 e. The van der Waals surface area contributed by atoms with Gasteiger partial charge in [-0.3, -0.25) is 15.0 Å². The van der Waals surface area contributed by atoms with Crippen LogP contribution in [0.5, 0.6) is 11.5 Å². The molecule has 1 aliphatic rings. The maximum Gasteiger partial charge on any atom is 0.124 e. The van der Waals surface area contributed by atoms with Crippen LogP contribution in [0, 0.1) is 0 Å². The predicted molar refractivity (Wildman–Crippen MR) is 141 cm³/mol. The van der Waals surface area contributed by atoms with Gasteiger partial charge in [0.1, 0.15) is 11.5 Å². The molecule has 0 fully saturated rings. The molecule has 1 atom stereocenters. The van der Waals surface area contributed by atoms with Crippen LogP contribution in [0.4, 0.5) is 11.4 Å². The van der Waals surface area contributed by atoms with E-state index in [1.54, 1.807) is 14.2 Å². The molecule has 0 amide bonds. The molecule has 2 N–H and O–H groups in total. The Morgan fingerprint density at radius 2 is 1.72 bits per heavy atom. The number of likely N-dealkylation sites (N-methyl/N-ethyl adjacent to an activating group) is 1. The van der Waals surface area contributed by atoms with Crippen LogP contribution < -0.4 is 20.1 Å².